The van der Waals surface area contributed by atoms with Gasteiger partial charge in [-0.3, -0.25) is 19.7 Å². The molecule has 71 heavy (non-hydrogen) atoms. The van der Waals surface area contributed by atoms with Crippen LogP contribution in [0.3, 0.4) is 0 Å². The number of nitrogens with one attached hydrogen (secondary N) is 3. The molecule has 0 spiro atoms. The van der Waals surface area contributed by atoms with E-state index < -0.39 is 5.54 Å². The number of aromatic nitrogens is 6. The number of allylic oxidation sites excluding steroid dienone is 5. The minimum Gasteiger partial charge on any atom is -0.384 e. The monoisotopic (exact) mass is 952 g/mol. The summed E-state index contributed by atoms with van der Waals surface area (Å²) in [7, 11) is 1.98. The number of pyridine rings is 2. The van der Waals surface area contributed by atoms with Crippen LogP contribution in [0.5, 0.6) is 0 Å². The molecule has 0 saturated heterocycles. The Morgan fingerprint density at radius 2 is 1.31 bits per heavy atom. The zero-order valence-corrected chi connectivity index (χ0v) is 41.5. The maximum atomic E-state index is 6.31. The molecule has 9 heteroatoms. The molecule has 8 nitrogen and oxygen atoms in total. The molecule has 1 aliphatic rings. The van der Waals surface area contributed by atoms with Gasteiger partial charge in [0, 0.05) is 77.9 Å². The molecule has 0 fully saturated rings. The van der Waals surface area contributed by atoms with Crippen molar-refractivity contribution < 1.29 is 0 Å². The van der Waals surface area contributed by atoms with Crippen LogP contribution in [-0.4, -0.2) is 43.5 Å². The Kier molecular flexibility index (Phi) is 17.1. The Balaban J connectivity index is 0.000000251. The number of likely N-dealkylation sites (N-methyl/N-ethyl adjacent to an activating group) is 1. The number of nitrogens with zero attached hydrogens (tertiary/aromatic N) is 5. The SMILES string of the molecule is CNCC(c1ccccc1)c1cccnc1.Cc1ccn[nH]1.Cc1nn(C(c2ccccc2)(c2ccccc2)c2ccccc2)cc1-c1ccc(/C(=C\N[C@H](C)c2ccccc2)C2C=CC(Cl)=CC2)cn1. The van der Waals surface area contributed by atoms with Crippen LogP contribution in [0, 0.1) is 19.8 Å². The first-order valence-corrected chi connectivity index (χ1v) is 24.5. The van der Waals surface area contributed by atoms with E-state index in [9.17, 15) is 0 Å². The predicted molar refractivity (Wildman–Crippen MR) is 292 cm³/mol. The van der Waals surface area contributed by atoms with E-state index in [0.717, 1.165) is 62.9 Å². The summed E-state index contributed by atoms with van der Waals surface area (Å²) in [5.74, 6) is 0.554. The quantitative estimate of drug-likeness (QED) is 0.0940. The van der Waals surface area contributed by atoms with E-state index in [0.29, 0.717) is 5.92 Å². The summed E-state index contributed by atoms with van der Waals surface area (Å²) >= 11 is 6.31. The summed E-state index contributed by atoms with van der Waals surface area (Å²) in [6, 6.07) is 63.4. The van der Waals surface area contributed by atoms with E-state index in [1.54, 1.807) is 6.20 Å². The lowest BCUT2D eigenvalue weighted by Crippen LogP contribution is -2.38. The maximum Gasteiger partial charge on any atom is 0.138 e. The number of rotatable bonds is 14. The van der Waals surface area contributed by atoms with Gasteiger partial charge in [0.05, 0.1) is 11.4 Å². The smallest absolute Gasteiger partial charge is 0.138 e. The van der Waals surface area contributed by atoms with Crippen molar-refractivity contribution in [1.29, 1.82) is 0 Å². The van der Waals surface area contributed by atoms with E-state index in [-0.39, 0.29) is 12.0 Å². The molecule has 3 N–H and O–H groups in total. The number of halogens is 1. The molecule has 4 aromatic heterocycles. The molecule has 10 rings (SSSR count). The van der Waals surface area contributed by atoms with Crippen molar-refractivity contribution in [3.05, 3.63) is 293 Å². The molecular weight excluding hydrogens is 892 g/mol. The van der Waals surface area contributed by atoms with Gasteiger partial charge in [0.25, 0.3) is 0 Å². The van der Waals surface area contributed by atoms with E-state index >= 15 is 0 Å². The summed E-state index contributed by atoms with van der Waals surface area (Å²) in [6.07, 6.45) is 18.8. The first-order valence-electron chi connectivity index (χ1n) is 24.2. The van der Waals surface area contributed by atoms with Gasteiger partial charge in [-0.2, -0.15) is 10.2 Å². The predicted octanol–water partition coefficient (Wildman–Crippen LogP) is 13.6. The van der Waals surface area contributed by atoms with Gasteiger partial charge in [-0.05, 0) is 103 Å². The standard InChI is InChI=1S/C44H39ClN4.C14H16N2.C4H6N2/c1-32(34-15-7-3-8-16-34)46-30-41(35-23-26-40(45)27-24-35)36-25-28-43(47-29-36)42-31-49(48-33(42)2)44(37-17-9-4-10-18-37,38-19-11-5-12-20-38)39-21-13-6-14-22-39;1-15-11-14(12-6-3-2-4-7-12)13-8-5-9-16-10-13;1-4-2-3-5-6-4/h3-23,25-32,35,46H,24H2,1-2H3;2-10,14-15H,11H2,1H3;2-3H,1H3,(H,5,6)/b41-30-;;/t32-,35?;;/m1../s1. The van der Waals surface area contributed by atoms with E-state index in [2.05, 4.69) is 227 Å². The van der Waals surface area contributed by atoms with Gasteiger partial charge in [-0.25, -0.2) is 0 Å². The number of benzene rings is 5. The number of H-pyrrole nitrogens is 1. The maximum absolute atomic E-state index is 6.31. The fourth-order valence-corrected chi connectivity index (χ4v) is 9.21. The van der Waals surface area contributed by atoms with Gasteiger partial charge in [0.1, 0.15) is 5.54 Å². The molecule has 9 aromatic rings. The van der Waals surface area contributed by atoms with Gasteiger partial charge in [-0.15, -0.1) is 0 Å². The third kappa shape index (κ3) is 12.3. The van der Waals surface area contributed by atoms with Crippen LogP contribution in [0.25, 0.3) is 16.8 Å². The van der Waals surface area contributed by atoms with Gasteiger partial charge < -0.3 is 10.6 Å². The Bertz CT molecular complexity index is 2930. The van der Waals surface area contributed by atoms with Crippen LogP contribution in [0.1, 0.15) is 75.6 Å². The minimum absolute atomic E-state index is 0.155. The van der Waals surface area contributed by atoms with Crippen LogP contribution in [0.4, 0.5) is 0 Å². The normalized spacial score (nSPS) is 14.2. The van der Waals surface area contributed by atoms with Gasteiger partial charge >= 0.3 is 0 Å². The third-order valence-electron chi connectivity index (χ3n) is 12.8. The number of aromatic amines is 1. The fourth-order valence-electron chi connectivity index (χ4n) is 9.05. The van der Waals surface area contributed by atoms with Gasteiger partial charge in [0.15, 0.2) is 0 Å². The van der Waals surface area contributed by atoms with Crippen molar-refractivity contribution in [1.82, 2.24) is 40.6 Å². The number of aryl methyl sites for hydroxylation is 2. The van der Waals surface area contributed by atoms with Crippen LogP contribution in [0.15, 0.2) is 242 Å². The third-order valence-corrected chi connectivity index (χ3v) is 13.0. The fraction of sp³-hybridized carbons (Fsp3) is 0.161. The highest BCUT2D eigenvalue weighted by molar-refractivity contribution is 6.31. The van der Waals surface area contributed by atoms with Crippen molar-refractivity contribution in [2.24, 2.45) is 5.92 Å². The average molecular weight is 954 g/mol. The lowest BCUT2D eigenvalue weighted by atomic mass is 9.77. The van der Waals surface area contributed by atoms with Crippen LogP contribution < -0.4 is 10.6 Å². The van der Waals surface area contributed by atoms with Crippen LogP contribution >= 0.6 is 11.6 Å². The first kappa shape index (κ1) is 49.5. The molecule has 4 heterocycles. The molecule has 0 saturated carbocycles. The van der Waals surface area contributed by atoms with Crippen LogP contribution in [0.2, 0.25) is 0 Å². The number of hydrogen-bond donors (Lipinski definition) is 3. The molecule has 1 aliphatic carbocycles. The molecule has 2 unspecified atom stereocenters. The molecule has 0 bridgehead atoms. The molecule has 3 atom stereocenters. The second kappa shape index (κ2) is 24.6. The molecule has 0 radical (unpaired) electrons. The average Bonchev–Trinajstić information content (AvgIpc) is 4.09. The Labute approximate surface area is 424 Å². The molecule has 5 aromatic carbocycles. The second-order valence-corrected chi connectivity index (χ2v) is 18.0. The van der Waals surface area contributed by atoms with Crippen molar-refractivity contribution in [3.63, 3.8) is 0 Å². The molecule has 356 valence electrons. The highest BCUT2D eigenvalue weighted by Crippen LogP contribution is 2.42. The van der Waals surface area contributed by atoms with Crippen molar-refractivity contribution in [3.8, 4) is 11.3 Å². The highest BCUT2D eigenvalue weighted by Gasteiger charge is 2.40. The van der Waals surface area contributed by atoms with E-state index in [4.69, 9.17) is 21.7 Å². The lowest BCUT2D eigenvalue weighted by molar-refractivity contribution is 0.458. The summed E-state index contributed by atoms with van der Waals surface area (Å²) < 4.78 is 2.12. The first-order chi connectivity index (χ1) is 34.8. The van der Waals surface area contributed by atoms with E-state index in [1.807, 2.05) is 62.9 Å². The van der Waals surface area contributed by atoms with Crippen molar-refractivity contribution >= 4 is 17.2 Å². The van der Waals surface area contributed by atoms with Gasteiger partial charge in [-0.1, -0.05) is 188 Å². The summed E-state index contributed by atoms with van der Waals surface area (Å²) in [4.78, 5) is 9.24. The lowest BCUT2D eigenvalue weighted by Gasteiger charge is -2.36. The minimum atomic E-state index is -0.689. The molecule has 0 amide bonds. The van der Waals surface area contributed by atoms with Crippen molar-refractivity contribution in [2.45, 2.75) is 44.7 Å². The number of hydrogen-bond acceptors (Lipinski definition) is 6. The Morgan fingerprint density at radius 3 is 1.79 bits per heavy atom. The second-order valence-electron chi connectivity index (χ2n) is 17.5. The van der Waals surface area contributed by atoms with Gasteiger partial charge in [0.2, 0.25) is 0 Å². The topological polar surface area (TPSA) is 96.3 Å². The largest absolute Gasteiger partial charge is 0.384 e. The molecular formula is C62H61ClN8. The zero-order chi connectivity index (χ0) is 49.3. The Hall–Kier alpha value is -7.91. The van der Waals surface area contributed by atoms with Crippen LogP contribution in [-0.2, 0) is 5.54 Å². The zero-order valence-electron chi connectivity index (χ0n) is 40.8. The van der Waals surface area contributed by atoms with Crippen molar-refractivity contribution in [2.75, 3.05) is 13.6 Å². The summed E-state index contributed by atoms with van der Waals surface area (Å²) in [5, 5.41) is 19.3. The van der Waals surface area contributed by atoms with E-state index in [1.165, 1.54) is 22.3 Å². The summed E-state index contributed by atoms with van der Waals surface area (Å²) in [6.45, 7) is 7.14. The highest BCUT2D eigenvalue weighted by atomic mass is 35.5. The summed E-state index contributed by atoms with van der Waals surface area (Å²) in [5.41, 5.74) is 12.6. The Morgan fingerprint density at radius 1 is 0.718 bits per heavy atom. The molecule has 0 aliphatic heterocycles.